The van der Waals surface area contributed by atoms with Crippen molar-refractivity contribution in [3.8, 4) is 5.75 Å². The van der Waals surface area contributed by atoms with E-state index in [-0.39, 0.29) is 5.56 Å². The van der Waals surface area contributed by atoms with E-state index in [0.717, 1.165) is 54.2 Å². The Balaban J connectivity index is 1.34. The molecule has 4 rings (SSSR count). The van der Waals surface area contributed by atoms with Crippen LogP contribution in [0.3, 0.4) is 0 Å². The molecule has 6 heteroatoms. The summed E-state index contributed by atoms with van der Waals surface area (Å²) in [6, 6.07) is 19.6. The lowest BCUT2D eigenvalue weighted by Gasteiger charge is -2.20. The van der Waals surface area contributed by atoms with E-state index in [1.807, 2.05) is 48.5 Å². The van der Waals surface area contributed by atoms with E-state index in [2.05, 4.69) is 11.8 Å². The SMILES string of the molecule is CCCCCCCCN(CCCCOc1cc(C(=O)O)cc2ccccc12)c1nc2ccccc2o1. The van der Waals surface area contributed by atoms with E-state index < -0.39 is 5.97 Å². The molecule has 36 heavy (non-hydrogen) atoms. The molecule has 1 aromatic heterocycles. The van der Waals surface area contributed by atoms with E-state index >= 15 is 0 Å². The average Bonchev–Trinajstić information content (AvgIpc) is 3.33. The number of unbranched alkanes of at least 4 members (excludes halogenated alkanes) is 6. The minimum Gasteiger partial charge on any atom is -0.493 e. The molecule has 1 heterocycles. The normalized spacial score (nSPS) is 11.2. The van der Waals surface area contributed by atoms with Crippen molar-refractivity contribution in [3.05, 3.63) is 66.2 Å². The number of anilines is 1. The van der Waals surface area contributed by atoms with Crippen molar-refractivity contribution in [1.82, 2.24) is 4.98 Å². The van der Waals surface area contributed by atoms with Gasteiger partial charge in [0.25, 0.3) is 6.01 Å². The third-order valence-corrected chi connectivity index (χ3v) is 6.49. The number of aromatic carboxylic acids is 1. The fourth-order valence-corrected chi connectivity index (χ4v) is 4.49. The number of rotatable bonds is 15. The summed E-state index contributed by atoms with van der Waals surface area (Å²) in [5.41, 5.74) is 1.94. The molecular formula is C30H36N2O4. The summed E-state index contributed by atoms with van der Waals surface area (Å²) in [6.45, 7) is 4.52. The molecule has 0 radical (unpaired) electrons. The number of para-hydroxylation sites is 2. The zero-order chi connectivity index (χ0) is 25.2. The third kappa shape index (κ3) is 6.78. The van der Waals surface area contributed by atoms with E-state index in [1.54, 1.807) is 12.1 Å². The molecule has 6 nitrogen and oxygen atoms in total. The zero-order valence-corrected chi connectivity index (χ0v) is 21.1. The van der Waals surface area contributed by atoms with Crippen LogP contribution >= 0.6 is 0 Å². The van der Waals surface area contributed by atoms with Crippen LogP contribution in [0, 0.1) is 0 Å². The molecule has 0 spiro atoms. The van der Waals surface area contributed by atoms with Crippen LogP contribution < -0.4 is 9.64 Å². The van der Waals surface area contributed by atoms with Crippen molar-refractivity contribution in [1.29, 1.82) is 0 Å². The van der Waals surface area contributed by atoms with Crippen molar-refractivity contribution in [3.63, 3.8) is 0 Å². The van der Waals surface area contributed by atoms with E-state index in [4.69, 9.17) is 14.1 Å². The summed E-state index contributed by atoms with van der Waals surface area (Å²) in [4.78, 5) is 18.5. The fraction of sp³-hybridized carbons (Fsp3) is 0.400. The van der Waals surface area contributed by atoms with Crippen LogP contribution in [0.5, 0.6) is 5.75 Å². The second kappa shape index (κ2) is 13.0. The molecule has 0 saturated carbocycles. The van der Waals surface area contributed by atoms with Gasteiger partial charge in [-0.1, -0.05) is 75.4 Å². The molecule has 190 valence electrons. The number of carboxylic acid groups (broad SMARTS) is 1. The van der Waals surface area contributed by atoms with Gasteiger partial charge in [0.1, 0.15) is 11.3 Å². The highest BCUT2D eigenvalue weighted by atomic mass is 16.5. The minimum absolute atomic E-state index is 0.241. The van der Waals surface area contributed by atoms with Crippen LogP contribution in [0.4, 0.5) is 6.01 Å². The van der Waals surface area contributed by atoms with Gasteiger partial charge in [-0.3, -0.25) is 0 Å². The highest BCUT2D eigenvalue weighted by Gasteiger charge is 2.14. The molecule has 0 amide bonds. The second-order valence-electron chi connectivity index (χ2n) is 9.28. The van der Waals surface area contributed by atoms with Gasteiger partial charge in [-0.25, -0.2) is 4.79 Å². The molecule has 0 unspecified atom stereocenters. The number of ether oxygens (including phenoxy) is 1. The van der Waals surface area contributed by atoms with Crippen LogP contribution in [0.2, 0.25) is 0 Å². The van der Waals surface area contributed by atoms with Gasteiger partial charge in [-0.2, -0.15) is 4.98 Å². The maximum atomic E-state index is 11.5. The van der Waals surface area contributed by atoms with Gasteiger partial charge in [0.15, 0.2) is 5.58 Å². The molecule has 4 aromatic rings. The molecule has 0 aliphatic heterocycles. The molecule has 0 atom stereocenters. The van der Waals surface area contributed by atoms with Crippen LogP contribution in [0.25, 0.3) is 21.9 Å². The maximum Gasteiger partial charge on any atom is 0.335 e. The lowest BCUT2D eigenvalue weighted by atomic mass is 10.1. The fourth-order valence-electron chi connectivity index (χ4n) is 4.49. The van der Waals surface area contributed by atoms with Crippen LogP contribution in [-0.4, -0.2) is 35.8 Å². The number of hydrogen-bond donors (Lipinski definition) is 1. The second-order valence-corrected chi connectivity index (χ2v) is 9.28. The number of carboxylic acids is 1. The van der Waals surface area contributed by atoms with E-state index in [1.165, 1.54) is 32.1 Å². The average molecular weight is 489 g/mol. The lowest BCUT2D eigenvalue weighted by Crippen LogP contribution is -2.26. The summed E-state index contributed by atoms with van der Waals surface area (Å²) >= 11 is 0. The Hall–Kier alpha value is -3.54. The van der Waals surface area contributed by atoms with Gasteiger partial charge < -0.3 is 19.2 Å². The first kappa shape index (κ1) is 25.5. The van der Waals surface area contributed by atoms with Gasteiger partial charge in [0.05, 0.1) is 12.2 Å². The van der Waals surface area contributed by atoms with Crippen molar-refractivity contribution in [2.45, 2.75) is 58.3 Å². The monoisotopic (exact) mass is 488 g/mol. The Kier molecular flexibility index (Phi) is 9.20. The quantitative estimate of drug-likeness (QED) is 0.173. The number of benzene rings is 3. The minimum atomic E-state index is -0.950. The molecule has 0 aliphatic carbocycles. The molecular weight excluding hydrogens is 452 g/mol. The van der Waals surface area contributed by atoms with E-state index in [0.29, 0.717) is 18.4 Å². The topological polar surface area (TPSA) is 75.8 Å². The molecule has 0 bridgehead atoms. The third-order valence-electron chi connectivity index (χ3n) is 6.49. The van der Waals surface area contributed by atoms with Crippen LogP contribution in [0.15, 0.2) is 65.1 Å². The summed E-state index contributed by atoms with van der Waals surface area (Å²) < 4.78 is 12.1. The van der Waals surface area contributed by atoms with Gasteiger partial charge in [0, 0.05) is 18.5 Å². The van der Waals surface area contributed by atoms with Crippen molar-refractivity contribution in [2.75, 3.05) is 24.6 Å². The summed E-state index contributed by atoms with van der Waals surface area (Å²) in [6.07, 6.45) is 9.23. The van der Waals surface area contributed by atoms with Gasteiger partial charge in [0.2, 0.25) is 0 Å². The Morgan fingerprint density at radius 2 is 1.64 bits per heavy atom. The van der Waals surface area contributed by atoms with E-state index in [9.17, 15) is 9.90 Å². The summed E-state index contributed by atoms with van der Waals surface area (Å²) in [5.74, 6) is -0.331. The van der Waals surface area contributed by atoms with Gasteiger partial charge in [-0.05, 0) is 48.9 Å². The predicted octanol–water partition coefficient (Wildman–Crippen LogP) is 7.71. The molecule has 0 saturated heterocycles. The number of nitrogens with zero attached hydrogens (tertiary/aromatic N) is 2. The van der Waals surface area contributed by atoms with Crippen molar-refractivity contribution < 1.29 is 19.1 Å². The zero-order valence-electron chi connectivity index (χ0n) is 21.1. The molecule has 3 aromatic carbocycles. The highest BCUT2D eigenvalue weighted by Crippen LogP contribution is 2.28. The molecule has 0 aliphatic rings. The first-order chi connectivity index (χ1) is 17.7. The number of aromatic nitrogens is 1. The summed E-state index contributed by atoms with van der Waals surface area (Å²) in [5, 5.41) is 11.3. The highest BCUT2D eigenvalue weighted by molar-refractivity contribution is 5.97. The largest absolute Gasteiger partial charge is 0.493 e. The molecule has 1 N–H and O–H groups in total. The Morgan fingerprint density at radius 3 is 2.44 bits per heavy atom. The number of carbonyl (C=O) groups is 1. The van der Waals surface area contributed by atoms with Crippen molar-refractivity contribution >= 4 is 33.9 Å². The smallest absolute Gasteiger partial charge is 0.335 e. The summed E-state index contributed by atoms with van der Waals surface area (Å²) in [7, 11) is 0. The van der Waals surface area contributed by atoms with Crippen molar-refractivity contribution in [2.24, 2.45) is 0 Å². The van der Waals surface area contributed by atoms with Crippen LogP contribution in [-0.2, 0) is 0 Å². The predicted molar refractivity (Wildman–Crippen MR) is 145 cm³/mol. The molecule has 0 fully saturated rings. The number of fused-ring (bicyclic) bond motifs is 2. The number of hydrogen-bond acceptors (Lipinski definition) is 5. The first-order valence-corrected chi connectivity index (χ1v) is 13.1. The number of oxazole rings is 1. The van der Waals surface area contributed by atoms with Gasteiger partial charge in [-0.15, -0.1) is 0 Å². The Bertz CT molecular complexity index is 1230. The standard InChI is InChI=1S/C30H36N2O4/c1-2-3-4-5-6-11-18-32(30-31-26-16-9-10-17-27(26)36-30)19-12-13-20-35-28-22-24(29(33)34)21-23-14-7-8-15-25(23)28/h7-10,14-17,21-22H,2-6,11-13,18-20H2,1H3,(H,33,34). The Morgan fingerprint density at radius 1 is 0.917 bits per heavy atom. The Labute approximate surface area is 212 Å². The van der Waals surface area contributed by atoms with Crippen LogP contribution in [0.1, 0.15) is 68.6 Å². The van der Waals surface area contributed by atoms with Gasteiger partial charge >= 0.3 is 5.97 Å². The maximum absolute atomic E-state index is 11.5. The first-order valence-electron chi connectivity index (χ1n) is 13.1. The lowest BCUT2D eigenvalue weighted by molar-refractivity contribution is 0.0696.